The molecule has 1 fully saturated rings. The quantitative estimate of drug-likeness (QED) is 0.792. The van der Waals surface area contributed by atoms with Crippen molar-refractivity contribution >= 4 is 17.6 Å². The van der Waals surface area contributed by atoms with Gasteiger partial charge in [-0.3, -0.25) is 0 Å². The summed E-state index contributed by atoms with van der Waals surface area (Å²) in [7, 11) is 0. The summed E-state index contributed by atoms with van der Waals surface area (Å²) in [5.41, 5.74) is 0.847. The van der Waals surface area contributed by atoms with Crippen LogP contribution in [0.5, 0.6) is 0 Å². The molecule has 1 aromatic rings. The monoisotopic (exact) mass is 197 g/mol. The average Bonchev–Trinajstić information content (AvgIpc) is 2.85. The summed E-state index contributed by atoms with van der Waals surface area (Å²) in [4.78, 5) is 14.6. The van der Waals surface area contributed by atoms with E-state index in [1.165, 1.54) is 6.07 Å². The van der Waals surface area contributed by atoms with Crippen LogP contribution in [0.4, 0.5) is 0 Å². The van der Waals surface area contributed by atoms with E-state index in [-0.39, 0.29) is 5.69 Å². The lowest BCUT2D eigenvalue weighted by molar-refractivity contribution is 0.0690. The summed E-state index contributed by atoms with van der Waals surface area (Å²) in [5, 5.41) is 9.17. The third-order valence-electron chi connectivity index (χ3n) is 2.02. The number of nitrogens with zero attached hydrogens (tertiary/aromatic N) is 1. The zero-order valence-electron chi connectivity index (χ0n) is 6.83. The zero-order chi connectivity index (χ0) is 9.42. The Labute approximate surface area is 80.4 Å². The SMILES string of the molecule is O=C(O)c1cc(Cl)cc(C2CC2)n1. The van der Waals surface area contributed by atoms with Crippen LogP contribution in [0.15, 0.2) is 12.1 Å². The average molecular weight is 198 g/mol. The Morgan fingerprint density at radius 2 is 2.23 bits per heavy atom. The van der Waals surface area contributed by atoms with Gasteiger partial charge in [-0.25, -0.2) is 9.78 Å². The Balaban J connectivity index is 2.41. The highest BCUT2D eigenvalue weighted by Crippen LogP contribution is 2.39. The van der Waals surface area contributed by atoms with Gasteiger partial charge in [-0.15, -0.1) is 0 Å². The first-order chi connectivity index (χ1) is 6.16. The summed E-state index contributed by atoms with van der Waals surface area (Å²) in [6.45, 7) is 0. The van der Waals surface area contributed by atoms with Crippen LogP contribution in [0.3, 0.4) is 0 Å². The Bertz CT molecular complexity index is 361. The molecule has 3 nitrogen and oxygen atoms in total. The molecule has 2 rings (SSSR count). The molecular formula is C9H8ClNO2. The van der Waals surface area contributed by atoms with E-state index in [1.54, 1.807) is 6.07 Å². The smallest absolute Gasteiger partial charge is 0.354 e. The predicted molar refractivity (Wildman–Crippen MR) is 48.2 cm³/mol. The van der Waals surface area contributed by atoms with Gasteiger partial charge in [-0.05, 0) is 25.0 Å². The van der Waals surface area contributed by atoms with E-state index in [4.69, 9.17) is 16.7 Å². The van der Waals surface area contributed by atoms with E-state index in [1.807, 2.05) is 0 Å². The van der Waals surface area contributed by atoms with Gasteiger partial charge in [-0.1, -0.05) is 11.6 Å². The van der Waals surface area contributed by atoms with E-state index in [0.29, 0.717) is 10.9 Å². The maximum absolute atomic E-state index is 10.6. The molecule has 1 heterocycles. The molecule has 0 aromatic carbocycles. The first kappa shape index (κ1) is 8.51. The summed E-state index contributed by atoms with van der Waals surface area (Å²) in [6, 6.07) is 3.11. The molecule has 1 aliphatic carbocycles. The van der Waals surface area contributed by atoms with Gasteiger partial charge in [0.1, 0.15) is 5.69 Å². The van der Waals surface area contributed by atoms with Crippen molar-refractivity contribution in [1.29, 1.82) is 0 Å². The number of pyridine rings is 1. The molecule has 0 aliphatic heterocycles. The Kier molecular flexibility index (Phi) is 1.96. The van der Waals surface area contributed by atoms with Crippen LogP contribution in [0.1, 0.15) is 34.9 Å². The first-order valence-corrected chi connectivity index (χ1v) is 4.45. The van der Waals surface area contributed by atoms with Gasteiger partial charge >= 0.3 is 5.97 Å². The molecule has 0 unspecified atom stereocenters. The molecule has 0 amide bonds. The number of aromatic carboxylic acids is 1. The van der Waals surface area contributed by atoms with Crippen molar-refractivity contribution in [3.05, 3.63) is 28.5 Å². The highest BCUT2D eigenvalue weighted by Gasteiger charge is 2.26. The number of carboxylic acid groups (broad SMARTS) is 1. The minimum atomic E-state index is -1.02. The Morgan fingerprint density at radius 1 is 1.54 bits per heavy atom. The summed E-state index contributed by atoms with van der Waals surface area (Å²) in [5.74, 6) is -0.596. The second-order valence-corrected chi connectivity index (χ2v) is 3.61. The van der Waals surface area contributed by atoms with E-state index in [9.17, 15) is 4.79 Å². The van der Waals surface area contributed by atoms with Gasteiger partial charge in [0.05, 0.1) is 0 Å². The summed E-state index contributed by atoms with van der Waals surface area (Å²) < 4.78 is 0. The van der Waals surface area contributed by atoms with Gasteiger partial charge in [-0.2, -0.15) is 0 Å². The third kappa shape index (κ3) is 1.80. The number of aromatic nitrogens is 1. The second kappa shape index (κ2) is 3.00. The second-order valence-electron chi connectivity index (χ2n) is 3.17. The Morgan fingerprint density at radius 3 is 2.77 bits per heavy atom. The molecular weight excluding hydrogens is 190 g/mol. The zero-order valence-corrected chi connectivity index (χ0v) is 7.58. The minimum Gasteiger partial charge on any atom is -0.477 e. The van der Waals surface area contributed by atoms with Crippen LogP contribution in [0, 0.1) is 0 Å². The van der Waals surface area contributed by atoms with Crippen LogP contribution in [-0.4, -0.2) is 16.1 Å². The molecule has 1 aliphatic rings. The molecule has 1 N–H and O–H groups in total. The van der Waals surface area contributed by atoms with Gasteiger partial charge < -0.3 is 5.11 Å². The van der Waals surface area contributed by atoms with Gasteiger partial charge in [0.2, 0.25) is 0 Å². The highest BCUT2D eigenvalue weighted by atomic mass is 35.5. The van der Waals surface area contributed by atoms with Gasteiger partial charge in [0.25, 0.3) is 0 Å². The fraction of sp³-hybridized carbons (Fsp3) is 0.333. The maximum atomic E-state index is 10.6. The topological polar surface area (TPSA) is 50.2 Å². The van der Waals surface area contributed by atoms with Crippen LogP contribution in [-0.2, 0) is 0 Å². The molecule has 0 radical (unpaired) electrons. The lowest BCUT2D eigenvalue weighted by Gasteiger charge is -2.00. The first-order valence-electron chi connectivity index (χ1n) is 4.07. The predicted octanol–water partition coefficient (Wildman–Crippen LogP) is 2.31. The number of rotatable bonds is 2. The third-order valence-corrected chi connectivity index (χ3v) is 2.24. The number of hydrogen-bond donors (Lipinski definition) is 1. The van der Waals surface area contributed by atoms with Crippen LogP contribution in [0.25, 0.3) is 0 Å². The van der Waals surface area contributed by atoms with Crippen molar-refractivity contribution < 1.29 is 9.90 Å². The van der Waals surface area contributed by atoms with Crippen molar-refractivity contribution in [2.75, 3.05) is 0 Å². The van der Waals surface area contributed by atoms with Crippen molar-refractivity contribution in [3.8, 4) is 0 Å². The molecule has 68 valence electrons. The van der Waals surface area contributed by atoms with E-state index >= 15 is 0 Å². The van der Waals surface area contributed by atoms with Crippen LogP contribution < -0.4 is 0 Å². The van der Waals surface area contributed by atoms with Crippen molar-refractivity contribution in [1.82, 2.24) is 4.98 Å². The van der Waals surface area contributed by atoms with E-state index < -0.39 is 5.97 Å². The van der Waals surface area contributed by atoms with Crippen molar-refractivity contribution in [2.45, 2.75) is 18.8 Å². The summed E-state index contributed by atoms with van der Waals surface area (Å²) >= 11 is 5.76. The highest BCUT2D eigenvalue weighted by molar-refractivity contribution is 6.30. The van der Waals surface area contributed by atoms with E-state index in [0.717, 1.165) is 18.5 Å². The minimum absolute atomic E-state index is 0.0365. The molecule has 0 spiro atoms. The Hall–Kier alpha value is -1.09. The standard InChI is InChI=1S/C9H8ClNO2/c10-6-3-7(5-1-2-5)11-8(4-6)9(12)13/h3-5H,1-2H2,(H,12,13). The molecule has 0 atom stereocenters. The molecule has 1 aromatic heterocycles. The van der Waals surface area contributed by atoms with Crippen molar-refractivity contribution in [2.24, 2.45) is 0 Å². The largest absolute Gasteiger partial charge is 0.477 e. The van der Waals surface area contributed by atoms with Crippen molar-refractivity contribution in [3.63, 3.8) is 0 Å². The fourth-order valence-electron chi connectivity index (χ4n) is 1.21. The van der Waals surface area contributed by atoms with Gasteiger partial charge in [0, 0.05) is 16.6 Å². The number of hydrogen-bond acceptors (Lipinski definition) is 2. The summed E-state index contributed by atoms with van der Waals surface area (Å²) in [6.07, 6.45) is 2.18. The number of carboxylic acids is 1. The van der Waals surface area contributed by atoms with Crippen LogP contribution >= 0.6 is 11.6 Å². The molecule has 13 heavy (non-hydrogen) atoms. The van der Waals surface area contributed by atoms with E-state index in [2.05, 4.69) is 4.98 Å². The maximum Gasteiger partial charge on any atom is 0.354 e. The number of halogens is 1. The van der Waals surface area contributed by atoms with Gasteiger partial charge in [0.15, 0.2) is 0 Å². The molecule has 0 bridgehead atoms. The number of carbonyl (C=O) groups is 1. The lowest BCUT2D eigenvalue weighted by atomic mass is 10.2. The molecule has 1 saturated carbocycles. The fourth-order valence-corrected chi connectivity index (χ4v) is 1.43. The lowest BCUT2D eigenvalue weighted by Crippen LogP contribution is -2.02. The molecule has 0 saturated heterocycles. The van der Waals surface area contributed by atoms with Crippen LogP contribution in [0.2, 0.25) is 5.02 Å². The normalized spacial score (nSPS) is 15.8. The molecule has 4 heteroatoms.